The van der Waals surface area contributed by atoms with E-state index in [1.165, 1.54) is 5.56 Å². The molecule has 0 aliphatic carbocycles. The highest BCUT2D eigenvalue weighted by Crippen LogP contribution is 2.20. The number of primary amides is 1. The monoisotopic (exact) mass is 332 g/mol. The number of rotatable bonds is 1. The Kier molecular flexibility index (Phi) is 4.27. The molecule has 1 amide bonds. The number of benzene rings is 2. The first-order chi connectivity index (χ1) is 12.0. The van der Waals surface area contributed by atoms with E-state index in [4.69, 9.17) is 19.8 Å². The Hall–Kier alpha value is -3.52. The summed E-state index contributed by atoms with van der Waals surface area (Å²) in [4.78, 5) is 10.8. The molecule has 0 fully saturated rings. The topological polar surface area (TPSA) is 93.2 Å². The number of hydrogen-bond donors (Lipinski definition) is 1. The largest absolute Gasteiger partial charge is 0.451 e. The minimum atomic E-state index is -0.533. The van der Waals surface area contributed by atoms with Crippen molar-refractivity contribution in [2.24, 2.45) is 5.73 Å². The van der Waals surface area contributed by atoms with Crippen LogP contribution >= 0.6 is 0 Å². The average Bonchev–Trinajstić information content (AvgIpc) is 3.17. The molecule has 5 heteroatoms. The van der Waals surface area contributed by atoms with Crippen LogP contribution < -0.4 is 5.73 Å². The third-order valence-corrected chi connectivity index (χ3v) is 3.70. The van der Waals surface area contributed by atoms with Gasteiger partial charge in [-0.3, -0.25) is 4.79 Å². The predicted octanol–water partition coefficient (Wildman–Crippen LogP) is 4.45. The van der Waals surface area contributed by atoms with Crippen molar-refractivity contribution in [3.8, 4) is 6.07 Å². The second-order valence-electron chi connectivity index (χ2n) is 5.78. The fourth-order valence-electron chi connectivity index (χ4n) is 2.50. The maximum atomic E-state index is 10.8. The number of amides is 1. The molecule has 2 N–H and O–H groups in total. The van der Waals surface area contributed by atoms with Gasteiger partial charge in [0.05, 0.1) is 0 Å². The predicted molar refractivity (Wildman–Crippen MR) is 95.1 cm³/mol. The summed E-state index contributed by atoms with van der Waals surface area (Å²) in [5, 5.41) is 10.5. The molecule has 4 rings (SSSR count). The number of nitrogens with zero attached hydrogens (tertiary/aromatic N) is 1. The minimum absolute atomic E-state index is 0.209. The third kappa shape index (κ3) is 3.54. The van der Waals surface area contributed by atoms with Gasteiger partial charge < -0.3 is 14.6 Å². The SMILES string of the molecule is Cc1ccc2oc(C#N)cc2c1.Cc1ccc2oc(C(N)=O)cc2c1. The average molecular weight is 332 g/mol. The molecule has 0 saturated heterocycles. The molecule has 0 radical (unpaired) electrons. The van der Waals surface area contributed by atoms with Crippen LogP contribution in [-0.4, -0.2) is 5.91 Å². The van der Waals surface area contributed by atoms with Gasteiger partial charge in [0.15, 0.2) is 5.76 Å². The minimum Gasteiger partial charge on any atom is -0.451 e. The number of nitriles is 1. The van der Waals surface area contributed by atoms with Gasteiger partial charge in [0.25, 0.3) is 5.91 Å². The van der Waals surface area contributed by atoms with E-state index >= 15 is 0 Å². The van der Waals surface area contributed by atoms with Crippen molar-refractivity contribution in [2.75, 3.05) is 0 Å². The molecule has 2 aromatic heterocycles. The van der Waals surface area contributed by atoms with Crippen LogP contribution in [0.3, 0.4) is 0 Å². The number of hydrogen-bond acceptors (Lipinski definition) is 4. The molecule has 5 nitrogen and oxygen atoms in total. The molecular weight excluding hydrogens is 316 g/mol. The normalized spacial score (nSPS) is 10.3. The van der Waals surface area contributed by atoms with Crippen LogP contribution in [0.25, 0.3) is 21.9 Å². The van der Waals surface area contributed by atoms with Crippen LogP contribution in [0.4, 0.5) is 0 Å². The molecule has 0 atom stereocenters. The van der Waals surface area contributed by atoms with E-state index in [-0.39, 0.29) is 5.76 Å². The Morgan fingerprint density at radius 2 is 1.48 bits per heavy atom. The lowest BCUT2D eigenvalue weighted by Gasteiger charge is -1.89. The fourth-order valence-corrected chi connectivity index (χ4v) is 2.50. The number of fused-ring (bicyclic) bond motifs is 2. The number of carbonyl (C=O) groups excluding carboxylic acids is 1. The van der Waals surface area contributed by atoms with Gasteiger partial charge in [0, 0.05) is 16.8 Å². The van der Waals surface area contributed by atoms with Crippen LogP contribution in [0.15, 0.2) is 57.4 Å². The Bertz CT molecular complexity index is 1110. The quantitative estimate of drug-likeness (QED) is 0.557. The van der Waals surface area contributed by atoms with E-state index in [2.05, 4.69) is 0 Å². The third-order valence-electron chi connectivity index (χ3n) is 3.70. The van der Waals surface area contributed by atoms with Gasteiger partial charge in [-0.2, -0.15) is 5.26 Å². The summed E-state index contributed by atoms with van der Waals surface area (Å²) in [6.45, 7) is 3.99. The van der Waals surface area contributed by atoms with Gasteiger partial charge in [0.2, 0.25) is 5.76 Å². The number of nitrogens with two attached hydrogens (primary N) is 1. The summed E-state index contributed by atoms with van der Waals surface area (Å²) >= 11 is 0. The van der Waals surface area contributed by atoms with E-state index in [1.54, 1.807) is 12.1 Å². The molecule has 0 spiro atoms. The first-order valence-electron chi connectivity index (χ1n) is 7.66. The molecular formula is C20H16N2O3. The van der Waals surface area contributed by atoms with Gasteiger partial charge in [-0.15, -0.1) is 0 Å². The van der Waals surface area contributed by atoms with Crippen LogP contribution in [-0.2, 0) is 0 Å². The Labute approximate surface area is 144 Å². The molecule has 0 aliphatic heterocycles. The fraction of sp³-hybridized carbons (Fsp3) is 0.100. The second kappa shape index (κ2) is 6.54. The standard InChI is InChI=1S/C10H9NO2.C10H7NO/c1-6-2-3-8-7(4-6)5-9(13-8)10(11)12;1-7-2-3-10-8(4-7)5-9(6-11)12-10/h2-5H,1H3,(H2,11,12);2-5H,1H3. The molecule has 124 valence electrons. The number of carbonyl (C=O) groups is 1. The van der Waals surface area contributed by atoms with Gasteiger partial charge in [-0.05, 0) is 44.2 Å². The lowest BCUT2D eigenvalue weighted by Crippen LogP contribution is -2.08. The van der Waals surface area contributed by atoms with E-state index < -0.39 is 5.91 Å². The zero-order valence-corrected chi connectivity index (χ0v) is 13.9. The molecule has 2 aromatic carbocycles. The van der Waals surface area contributed by atoms with Gasteiger partial charge in [-0.25, -0.2) is 0 Å². The lowest BCUT2D eigenvalue weighted by molar-refractivity contribution is 0.0976. The Morgan fingerprint density at radius 1 is 0.920 bits per heavy atom. The van der Waals surface area contributed by atoms with Crippen LogP contribution in [0.5, 0.6) is 0 Å². The summed E-state index contributed by atoms with van der Waals surface area (Å²) in [5.41, 5.74) is 8.85. The van der Waals surface area contributed by atoms with Crippen LogP contribution in [0.2, 0.25) is 0 Å². The second-order valence-corrected chi connectivity index (χ2v) is 5.78. The van der Waals surface area contributed by atoms with Crippen LogP contribution in [0, 0.1) is 25.2 Å². The van der Waals surface area contributed by atoms with Crippen molar-refractivity contribution in [1.82, 2.24) is 0 Å². The van der Waals surface area contributed by atoms with Crippen molar-refractivity contribution in [3.63, 3.8) is 0 Å². The van der Waals surface area contributed by atoms with E-state index in [0.717, 1.165) is 21.9 Å². The summed E-state index contributed by atoms with van der Waals surface area (Å²) < 4.78 is 10.4. The van der Waals surface area contributed by atoms with Crippen molar-refractivity contribution in [3.05, 3.63) is 71.2 Å². The zero-order chi connectivity index (χ0) is 18.0. The first-order valence-corrected chi connectivity index (χ1v) is 7.66. The van der Waals surface area contributed by atoms with Crippen molar-refractivity contribution in [1.29, 1.82) is 5.26 Å². The summed E-state index contributed by atoms with van der Waals surface area (Å²) in [5.74, 6) is 0.0463. The van der Waals surface area contributed by atoms with Gasteiger partial charge in [-0.1, -0.05) is 23.3 Å². The van der Waals surface area contributed by atoms with E-state index in [9.17, 15) is 4.79 Å². The highest BCUT2D eigenvalue weighted by molar-refractivity contribution is 5.95. The maximum Gasteiger partial charge on any atom is 0.284 e. The van der Waals surface area contributed by atoms with Crippen molar-refractivity contribution < 1.29 is 13.6 Å². The summed E-state index contributed by atoms with van der Waals surface area (Å²) in [6.07, 6.45) is 0. The smallest absolute Gasteiger partial charge is 0.284 e. The number of furan rings is 2. The van der Waals surface area contributed by atoms with Crippen molar-refractivity contribution >= 4 is 27.8 Å². The molecule has 4 aromatic rings. The zero-order valence-electron chi connectivity index (χ0n) is 13.9. The molecule has 0 bridgehead atoms. The van der Waals surface area contributed by atoms with Crippen LogP contribution in [0.1, 0.15) is 27.4 Å². The molecule has 0 aliphatic rings. The lowest BCUT2D eigenvalue weighted by atomic mass is 10.2. The van der Waals surface area contributed by atoms with E-state index in [1.807, 2.05) is 56.3 Å². The Balaban J connectivity index is 0.000000146. The molecule has 25 heavy (non-hydrogen) atoms. The molecule has 2 heterocycles. The van der Waals surface area contributed by atoms with Gasteiger partial charge in [0.1, 0.15) is 17.2 Å². The highest BCUT2D eigenvalue weighted by Gasteiger charge is 2.07. The Morgan fingerprint density at radius 3 is 2.04 bits per heavy atom. The first kappa shape index (κ1) is 16.3. The van der Waals surface area contributed by atoms with Crippen molar-refractivity contribution in [2.45, 2.75) is 13.8 Å². The molecule has 0 unspecified atom stereocenters. The summed E-state index contributed by atoms with van der Waals surface area (Å²) in [6, 6.07) is 16.9. The summed E-state index contributed by atoms with van der Waals surface area (Å²) in [7, 11) is 0. The maximum absolute atomic E-state index is 10.8. The number of aryl methyl sites for hydroxylation is 2. The van der Waals surface area contributed by atoms with E-state index in [0.29, 0.717) is 11.3 Å². The van der Waals surface area contributed by atoms with Gasteiger partial charge >= 0.3 is 0 Å². The highest BCUT2D eigenvalue weighted by atomic mass is 16.3. The molecule has 0 saturated carbocycles.